The van der Waals surface area contributed by atoms with Crippen LogP contribution in [0.3, 0.4) is 0 Å². The number of thiophene rings is 1. The maximum Gasteiger partial charge on any atom is 0.268 e. The Morgan fingerprint density at radius 1 is 1.18 bits per heavy atom. The number of hydrogen-bond acceptors (Lipinski definition) is 3. The van der Waals surface area contributed by atoms with Crippen LogP contribution in [0.2, 0.25) is 0 Å². The molecule has 0 fully saturated rings. The molecular weight excluding hydrogens is 448 g/mol. The molecule has 3 aromatic heterocycles. The van der Waals surface area contributed by atoms with Crippen molar-refractivity contribution in [1.29, 1.82) is 0 Å². The van der Waals surface area contributed by atoms with Gasteiger partial charge in [-0.2, -0.15) is 0 Å². The molecule has 0 saturated carbocycles. The summed E-state index contributed by atoms with van der Waals surface area (Å²) in [7, 11) is 0. The Morgan fingerprint density at radius 3 is 2.79 bits per heavy atom. The number of amides is 1. The molecule has 4 nitrogen and oxygen atoms in total. The monoisotopic (exact) mass is 461 g/mol. The van der Waals surface area contributed by atoms with Crippen LogP contribution in [0.4, 0.5) is 8.78 Å². The van der Waals surface area contributed by atoms with Crippen molar-refractivity contribution in [1.82, 2.24) is 14.9 Å². The molecule has 0 saturated heterocycles. The van der Waals surface area contributed by atoms with Crippen LogP contribution in [0, 0.1) is 11.6 Å². The number of benzene rings is 1. The lowest BCUT2D eigenvalue weighted by atomic mass is 10.2. The van der Waals surface area contributed by atoms with E-state index in [-0.39, 0.29) is 12.5 Å². The Balaban J connectivity index is 1.66. The number of halogens is 3. The smallest absolute Gasteiger partial charge is 0.268 e. The molecule has 28 heavy (non-hydrogen) atoms. The van der Waals surface area contributed by atoms with Gasteiger partial charge in [-0.1, -0.05) is 12.1 Å². The highest BCUT2D eigenvalue weighted by Gasteiger charge is 2.19. The Morgan fingerprint density at radius 2 is 2.04 bits per heavy atom. The van der Waals surface area contributed by atoms with E-state index < -0.39 is 11.6 Å². The molecule has 1 aromatic carbocycles. The number of nitrogens with zero attached hydrogens (tertiary/aromatic N) is 2. The van der Waals surface area contributed by atoms with E-state index in [2.05, 4.69) is 26.2 Å². The lowest BCUT2D eigenvalue weighted by Gasteiger charge is -2.12. The summed E-state index contributed by atoms with van der Waals surface area (Å²) in [4.78, 5) is 17.0. The first-order chi connectivity index (χ1) is 13.5. The number of carbonyl (C=O) groups is 1. The first-order valence-corrected chi connectivity index (χ1v) is 10.1. The molecule has 4 aromatic rings. The largest absolute Gasteiger partial charge is 0.345 e. The van der Waals surface area contributed by atoms with E-state index in [4.69, 9.17) is 0 Å². The highest BCUT2D eigenvalue weighted by Crippen LogP contribution is 2.34. The van der Waals surface area contributed by atoms with Gasteiger partial charge in [0, 0.05) is 18.1 Å². The first kappa shape index (κ1) is 18.8. The summed E-state index contributed by atoms with van der Waals surface area (Å²) < 4.78 is 30.5. The zero-order valence-corrected chi connectivity index (χ0v) is 16.9. The number of rotatable bonds is 5. The fourth-order valence-corrected chi connectivity index (χ4v) is 4.66. The van der Waals surface area contributed by atoms with Crippen molar-refractivity contribution in [2.24, 2.45) is 0 Å². The second-order valence-electron chi connectivity index (χ2n) is 6.16. The molecule has 0 aliphatic heterocycles. The minimum atomic E-state index is -0.911. The molecule has 1 N–H and O–H groups in total. The quantitative estimate of drug-likeness (QED) is 0.448. The molecule has 0 atom stereocenters. The fraction of sp³-hybridized carbons (Fsp3) is 0.100. The molecule has 4 rings (SSSR count). The van der Waals surface area contributed by atoms with Crippen LogP contribution in [-0.2, 0) is 13.1 Å². The third kappa shape index (κ3) is 3.70. The van der Waals surface area contributed by atoms with Crippen LogP contribution in [0.15, 0.2) is 58.5 Å². The van der Waals surface area contributed by atoms with Gasteiger partial charge in [-0.3, -0.25) is 9.78 Å². The van der Waals surface area contributed by atoms with Crippen molar-refractivity contribution in [2.45, 2.75) is 13.1 Å². The van der Waals surface area contributed by atoms with Gasteiger partial charge in [-0.05, 0) is 51.8 Å². The standard InChI is InChI=1S/C20H14BrF2N3OS/c21-14-11-28-18-8-17(20(27)25-9-13-3-1-2-6-24-13)26(19(14)18)10-12-4-5-15(22)16(23)7-12/h1-8,11H,9-10H2,(H,25,27). The lowest BCUT2D eigenvalue weighted by molar-refractivity contribution is 0.0942. The van der Waals surface area contributed by atoms with Gasteiger partial charge in [0.25, 0.3) is 5.91 Å². The predicted molar refractivity (Wildman–Crippen MR) is 108 cm³/mol. The summed E-state index contributed by atoms with van der Waals surface area (Å²) in [5, 5.41) is 4.80. The molecule has 3 heterocycles. The maximum absolute atomic E-state index is 13.6. The van der Waals surface area contributed by atoms with E-state index in [0.29, 0.717) is 17.8 Å². The predicted octanol–water partition coefficient (Wildman–Crippen LogP) is 5.12. The zero-order chi connectivity index (χ0) is 19.7. The summed E-state index contributed by atoms with van der Waals surface area (Å²) >= 11 is 5.01. The molecule has 0 unspecified atom stereocenters. The second kappa shape index (κ2) is 7.81. The average Bonchev–Trinajstić information content (AvgIpc) is 3.24. The van der Waals surface area contributed by atoms with Crippen LogP contribution >= 0.6 is 27.3 Å². The van der Waals surface area contributed by atoms with Crippen LogP contribution in [0.5, 0.6) is 0 Å². The van der Waals surface area contributed by atoms with Crippen molar-refractivity contribution in [3.8, 4) is 0 Å². The number of aromatic nitrogens is 2. The van der Waals surface area contributed by atoms with Crippen molar-refractivity contribution < 1.29 is 13.6 Å². The molecule has 0 spiro atoms. The van der Waals surface area contributed by atoms with Gasteiger partial charge in [0.05, 0.1) is 26.9 Å². The van der Waals surface area contributed by atoms with E-state index in [1.807, 2.05) is 23.6 Å². The second-order valence-corrected chi connectivity index (χ2v) is 7.93. The summed E-state index contributed by atoms with van der Waals surface area (Å²) in [6.07, 6.45) is 1.67. The summed E-state index contributed by atoms with van der Waals surface area (Å²) in [5.41, 5.74) is 2.60. The van der Waals surface area contributed by atoms with Gasteiger partial charge in [0.1, 0.15) is 5.69 Å². The van der Waals surface area contributed by atoms with Gasteiger partial charge in [-0.25, -0.2) is 8.78 Å². The normalized spacial score (nSPS) is 11.1. The number of fused-ring (bicyclic) bond motifs is 1. The van der Waals surface area contributed by atoms with Crippen LogP contribution in [-0.4, -0.2) is 15.5 Å². The third-order valence-corrected chi connectivity index (χ3v) is 6.12. The minimum Gasteiger partial charge on any atom is -0.345 e. The number of pyridine rings is 1. The topological polar surface area (TPSA) is 46.9 Å². The summed E-state index contributed by atoms with van der Waals surface area (Å²) in [5.74, 6) is -2.07. The van der Waals surface area contributed by atoms with E-state index in [9.17, 15) is 13.6 Å². The van der Waals surface area contributed by atoms with Crippen molar-refractivity contribution in [3.05, 3.63) is 87.1 Å². The van der Waals surface area contributed by atoms with E-state index in [0.717, 1.165) is 32.5 Å². The molecule has 142 valence electrons. The Kier molecular flexibility index (Phi) is 5.23. The lowest BCUT2D eigenvalue weighted by Crippen LogP contribution is -2.26. The molecule has 0 aliphatic carbocycles. The molecular formula is C20H14BrF2N3OS. The first-order valence-electron chi connectivity index (χ1n) is 8.41. The van der Waals surface area contributed by atoms with Crippen molar-refractivity contribution >= 4 is 43.4 Å². The summed E-state index contributed by atoms with van der Waals surface area (Å²) in [6.45, 7) is 0.535. The summed E-state index contributed by atoms with van der Waals surface area (Å²) in [6, 6.07) is 11.1. The average molecular weight is 462 g/mol. The third-order valence-electron chi connectivity index (χ3n) is 4.29. The Labute approximate surface area is 172 Å². The van der Waals surface area contributed by atoms with Crippen molar-refractivity contribution in [2.75, 3.05) is 0 Å². The van der Waals surface area contributed by atoms with Crippen LogP contribution < -0.4 is 5.32 Å². The fourth-order valence-electron chi connectivity index (χ4n) is 2.97. The van der Waals surface area contributed by atoms with Crippen LogP contribution in [0.25, 0.3) is 10.2 Å². The SMILES string of the molecule is O=C(NCc1ccccn1)c1cc2scc(Br)c2n1Cc1ccc(F)c(F)c1. The molecule has 0 radical (unpaired) electrons. The van der Waals surface area contributed by atoms with E-state index >= 15 is 0 Å². The maximum atomic E-state index is 13.6. The molecule has 1 amide bonds. The van der Waals surface area contributed by atoms with Gasteiger partial charge >= 0.3 is 0 Å². The van der Waals surface area contributed by atoms with E-state index in [1.165, 1.54) is 17.4 Å². The highest BCUT2D eigenvalue weighted by molar-refractivity contribution is 9.10. The highest BCUT2D eigenvalue weighted by atomic mass is 79.9. The Bertz CT molecular complexity index is 1160. The number of hydrogen-bond donors (Lipinski definition) is 1. The van der Waals surface area contributed by atoms with Gasteiger partial charge in [0.15, 0.2) is 11.6 Å². The Hall–Kier alpha value is -2.58. The number of nitrogens with one attached hydrogen (secondary N) is 1. The number of carbonyl (C=O) groups excluding carboxylic acids is 1. The zero-order valence-electron chi connectivity index (χ0n) is 14.5. The minimum absolute atomic E-state index is 0.238. The van der Waals surface area contributed by atoms with Crippen molar-refractivity contribution in [3.63, 3.8) is 0 Å². The van der Waals surface area contributed by atoms with Gasteiger partial charge in [-0.15, -0.1) is 11.3 Å². The van der Waals surface area contributed by atoms with E-state index in [1.54, 1.807) is 16.8 Å². The molecule has 0 bridgehead atoms. The molecule has 8 heteroatoms. The molecule has 0 aliphatic rings. The van der Waals surface area contributed by atoms with Gasteiger partial charge in [0.2, 0.25) is 0 Å². The van der Waals surface area contributed by atoms with Crippen LogP contribution in [0.1, 0.15) is 21.7 Å². The van der Waals surface area contributed by atoms with Gasteiger partial charge < -0.3 is 9.88 Å².